The van der Waals surface area contributed by atoms with Crippen molar-refractivity contribution in [1.29, 1.82) is 0 Å². The number of esters is 1. The fourth-order valence-corrected chi connectivity index (χ4v) is 0.698. The minimum Gasteiger partial charge on any atom is -0.467 e. The van der Waals surface area contributed by atoms with Crippen LogP contribution < -0.4 is 11.1 Å². The van der Waals surface area contributed by atoms with Crippen LogP contribution in [-0.4, -0.2) is 31.6 Å². The molecule has 0 aliphatic heterocycles. The summed E-state index contributed by atoms with van der Waals surface area (Å²) in [5.74, 6) is -0.981. The standard InChI is InChI=1S/C8H16N2O3/c1-5(4-9)7(11)10-6(2)8(12)13-3/h5-6H,4,9H2,1-3H3,(H,10,11)/t5?,6-/m0/s1. The molecule has 0 aromatic heterocycles. The van der Waals surface area contributed by atoms with E-state index in [0.29, 0.717) is 0 Å². The summed E-state index contributed by atoms with van der Waals surface area (Å²) in [6.07, 6.45) is 0. The summed E-state index contributed by atoms with van der Waals surface area (Å²) in [7, 11) is 1.28. The van der Waals surface area contributed by atoms with Crippen molar-refractivity contribution < 1.29 is 14.3 Å². The van der Waals surface area contributed by atoms with E-state index >= 15 is 0 Å². The molecule has 0 spiro atoms. The normalized spacial score (nSPS) is 14.5. The number of hydrogen-bond donors (Lipinski definition) is 2. The largest absolute Gasteiger partial charge is 0.467 e. The second-order valence-corrected chi connectivity index (χ2v) is 2.89. The highest BCUT2D eigenvalue weighted by Crippen LogP contribution is 1.93. The Hall–Kier alpha value is -1.10. The molecule has 3 N–H and O–H groups in total. The molecular formula is C8H16N2O3. The average Bonchev–Trinajstić information content (AvgIpc) is 2.14. The highest BCUT2D eigenvalue weighted by Gasteiger charge is 2.18. The number of methoxy groups -OCH3 is 1. The van der Waals surface area contributed by atoms with Gasteiger partial charge in [0, 0.05) is 12.5 Å². The maximum Gasteiger partial charge on any atom is 0.328 e. The van der Waals surface area contributed by atoms with Crippen LogP contribution >= 0.6 is 0 Å². The SMILES string of the molecule is COC(=O)[C@H](C)NC(=O)C(C)CN. The summed E-state index contributed by atoms with van der Waals surface area (Å²) in [6.45, 7) is 3.52. The van der Waals surface area contributed by atoms with Crippen molar-refractivity contribution in [3.8, 4) is 0 Å². The molecular weight excluding hydrogens is 172 g/mol. The molecule has 5 nitrogen and oxygen atoms in total. The molecule has 0 radical (unpaired) electrons. The number of ether oxygens (including phenoxy) is 1. The van der Waals surface area contributed by atoms with Crippen LogP contribution in [0.1, 0.15) is 13.8 Å². The van der Waals surface area contributed by atoms with Crippen molar-refractivity contribution >= 4 is 11.9 Å². The predicted molar refractivity (Wildman–Crippen MR) is 47.8 cm³/mol. The van der Waals surface area contributed by atoms with Gasteiger partial charge in [0.2, 0.25) is 5.91 Å². The van der Waals surface area contributed by atoms with Crippen molar-refractivity contribution in [2.75, 3.05) is 13.7 Å². The minimum absolute atomic E-state index is 0.236. The lowest BCUT2D eigenvalue weighted by Crippen LogP contribution is -2.43. The fraction of sp³-hybridized carbons (Fsp3) is 0.750. The van der Waals surface area contributed by atoms with Gasteiger partial charge in [0.05, 0.1) is 7.11 Å². The second-order valence-electron chi connectivity index (χ2n) is 2.89. The molecule has 5 heteroatoms. The fourth-order valence-electron chi connectivity index (χ4n) is 0.698. The van der Waals surface area contributed by atoms with E-state index in [2.05, 4.69) is 10.1 Å². The van der Waals surface area contributed by atoms with Gasteiger partial charge in [-0.1, -0.05) is 6.92 Å². The Kier molecular flexibility index (Phi) is 5.06. The maximum absolute atomic E-state index is 11.2. The van der Waals surface area contributed by atoms with E-state index in [0.717, 1.165) is 0 Å². The van der Waals surface area contributed by atoms with Crippen molar-refractivity contribution in [2.24, 2.45) is 11.7 Å². The van der Waals surface area contributed by atoms with Crippen molar-refractivity contribution in [3.63, 3.8) is 0 Å². The maximum atomic E-state index is 11.2. The van der Waals surface area contributed by atoms with Crippen LogP contribution in [0.3, 0.4) is 0 Å². The first kappa shape index (κ1) is 11.9. The molecule has 1 unspecified atom stereocenters. The highest BCUT2D eigenvalue weighted by molar-refractivity contribution is 5.85. The topological polar surface area (TPSA) is 81.4 Å². The Labute approximate surface area is 77.6 Å². The smallest absolute Gasteiger partial charge is 0.328 e. The van der Waals surface area contributed by atoms with Crippen LogP contribution in [0.15, 0.2) is 0 Å². The molecule has 0 rings (SSSR count). The van der Waals surface area contributed by atoms with Gasteiger partial charge in [-0.05, 0) is 6.92 Å². The molecule has 0 aliphatic carbocycles. The first-order valence-corrected chi connectivity index (χ1v) is 4.11. The Morgan fingerprint density at radius 3 is 2.38 bits per heavy atom. The molecule has 1 amide bonds. The molecule has 0 aliphatic rings. The Morgan fingerprint density at radius 1 is 1.46 bits per heavy atom. The van der Waals surface area contributed by atoms with Gasteiger partial charge in [-0.2, -0.15) is 0 Å². The van der Waals surface area contributed by atoms with E-state index in [9.17, 15) is 9.59 Å². The molecule has 0 saturated carbocycles. The van der Waals surface area contributed by atoms with E-state index in [-0.39, 0.29) is 18.4 Å². The minimum atomic E-state index is -0.619. The summed E-state index contributed by atoms with van der Waals surface area (Å²) < 4.78 is 4.44. The summed E-state index contributed by atoms with van der Waals surface area (Å²) in [6, 6.07) is -0.619. The number of carbonyl (C=O) groups excluding carboxylic acids is 2. The lowest BCUT2D eigenvalue weighted by Gasteiger charge is -2.14. The Balaban J connectivity index is 3.98. The number of hydrogen-bond acceptors (Lipinski definition) is 4. The molecule has 2 atom stereocenters. The number of rotatable bonds is 4. The zero-order valence-corrected chi connectivity index (χ0v) is 8.16. The van der Waals surface area contributed by atoms with Gasteiger partial charge in [-0.15, -0.1) is 0 Å². The third kappa shape index (κ3) is 3.89. The zero-order valence-electron chi connectivity index (χ0n) is 8.16. The van der Waals surface area contributed by atoms with Crippen LogP contribution in [0, 0.1) is 5.92 Å². The van der Waals surface area contributed by atoms with Crippen LogP contribution in [0.2, 0.25) is 0 Å². The van der Waals surface area contributed by atoms with Crippen LogP contribution in [0.25, 0.3) is 0 Å². The molecule has 0 heterocycles. The second kappa shape index (κ2) is 5.53. The van der Waals surface area contributed by atoms with Crippen molar-refractivity contribution in [2.45, 2.75) is 19.9 Å². The van der Waals surface area contributed by atoms with E-state index in [1.165, 1.54) is 7.11 Å². The van der Waals surface area contributed by atoms with Gasteiger partial charge in [-0.25, -0.2) is 4.79 Å². The molecule has 0 aromatic rings. The van der Waals surface area contributed by atoms with Crippen LogP contribution in [-0.2, 0) is 14.3 Å². The van der Waals surface area contributed by atoms with Gasteiger partial charge in [0.1, 0.15) is 6.04 Å². The van der Waals surface area contributed by atoms with Gasteiger partial charge in [0.15, 0.2) is 0 Å². The first-order valence-electron chi connectivity index (χ1n) is 4.11. The molecule has 0 saturated heterocycles. The monoisotopic (exact) mass is 188 g/mol. The summed E-state index contributed by atoms with van der Waals surface area (Å²) >= 11 is 0. The number of carbonyl (C=O) groups is 2. The summed E-state index contributed by atoms with van der Waals surface area (Å²) in [5, 5.41) is 2.49. The lowest BCUT2D eigenvalue weighted by atomic mass is 10.1. The van der Waals surface area contributed by atoms with Crippen LogP contribution in [0.4, 0.5) is 0 Å². The van der Waals surface area contributed by atoms with Gasteiger partial charge < -0.3 is 15.8 Å². The van der Waals surface area contributed by atoms with Gasteiger partial charge in [-0.3, -0.25) is 4.79 Å². The highest BCUT2D eigenvalue weighted by atomic mass is 16.5. The van der Waals surface area contributed by atoms with Gasteiger partial charge in [0.25, 0.3) is 0 Å². The third-order valence-corrected chi connectivity index (χ3v) is 1.71. The van der Waals surface area contributed by atoms with Crippen molar-refractivity contribution in [1.82, 2.24) is 5.32 Å². The number of nitrogens with two attached hydrogens (primary N) is 1. The van der Waals surface area contributed by atoms with E-state index < -0.39 is 12.0 Å². The average molecular weight is 188 g/mol. The predicted octanol–water partition coefficient (Wildman–Crippen LogP) is -0.741. The Morgan fingerprint density at radius 2 is 2.00 bits per heavy atom. The first-order chi connectivity index (χ1) is 6.02. The van der Waals surface area contributed by atoms with E-state index in [1.807, 2.05) is 0 Å². The molecule has 0 bridgehead atoms. The van der Waals surface area contributed by atoms with E-state index in [1.54, 1.807) is 13.8 Å². The number of nitrogens with one attached hydrogen (secondary N) is 1. The summed E-state index contributed by atoms with van der Waals surface area (Å²) in [5.41, 5.74) is 5.28. The summed E-state index contributed by atoms with van der Waals surface area (Å²) in [4.78, 5) is 22.1. The van der Waals surface area contributed by atoms with Crippen LogP contribution in [0.5, 0.6) is 0 Å². The quantitative estimate of drug-likeness (QED) is 0.569. The van der Waals surface area contributed by atoms with E-state index in [4.69, 9.17) is 5.73 Å². The number of amides is 1. The zero-order chi connectivity index (χ0) is 10.4. The molecule has 0 fully saturated rings. The van der Waals surface area contributed by atoms with Gasteiger partial charge >= 0.3 is 5.97 Å². The Bertz CT molecular complexity index is 194. The molecule has 0 aromatic carbocycles. The lowest BCUT2D eigenvalue weighted by molar-refractivity contribution is -0.144. The van der Waals surface area contributed by atoms with Crippen molar-refractivity contribution in [3.05, 3.63) is 0 Å². The molecule has 13 heavy (non-hydrogen) atoms. The molecule has 76 valence electrons. The third-order valence-electron chi connectivity index (χ3n) is 1.71.